The molecule has 3 rings (SSSR count). The van der Waals surface area contributed by atoms with Crippen molar-refractivity contribution >= 4 is 5.91 Å². The molecule has 1 fully saturated rings. The Balaban J connectivity index is 1.92. The van der Waals surface area contributed by atoms with Gasteiger partial charge in [0.05, 0.1) is 16.9 Å². The molecule has 5 nitrogen and oxygen atoms in total. The summed E-state index contributed by atoms with van der Waals surface area (Å²) >= 11 is 0. The Morgan fingerprint density at radius 1 is 1.27 bits per heavy atom. The van der Waals surface area contributed by atoms with Crippen LogP contribution in [0.3, 0.4) is 0 Å². The molecule has 1 unspecified atom stereocenters. The number of amides is 1. The zero-order valence-electron chi connectivity index (χ0n) is 16.5. The van der Waals surface area contributed by atoms with Gasteiger partial charge < -0.3 is 10.2 Å². The van der Waals surface area contributed by atoms with Crippen molar-refractivity contribution in [1.29, 1.82) is 0 Å². The molecule has 2 aromatic rings. The van der Waals surface area contributed by atoms with Crippen molar-refractivity contribution in [3.05, 3.63) is 47.3 Å². The predicted molar refractivity (Wildman–Crippen MR) is 105 cm³/mol. The highest BCUT2D eigenvalue weighted by Crippen LogP contribution is 2.28. The van der Waals surface area contributed by atoms with Gasteiger partial charge in [-0.15, -0.1) is 0 Å². The molecular formula is C21H30N4O. The van der Waals surface area contributed by atoms with Gasteiger partial charge in [-0.3, -0.25) is 4.79 Å². The maximum absolute atomic E-state index is 13.2. The molecule has 1 aromatic carbocycles. The molecule has 1 amide bonds. The average molecular weight is 354 g/mol. The third-order valence-corrected chi connectivity index (χ3v) is 5.02. The van der Waals surface area contributed by atoms with E-state index in [1.165, 1.54) is 5.56 Å². The predicted octanol–water partition coefficient (Wildman–Crippen LogP) is 3.16. The van der Waals surface area contributed by atoms with Crippen LogP contribution in [0.1, 0.15) is 48.8 Å². The van der Waals surface area contributed by atoms with E-state index in [0.29, 0.717) is 5.92 Å². The lowest BCUT2D eigenvalue weighted by molar-refractivity contribution is 0.0784. The van der Waals surface area contributed by atoms with Gasteiger partial charge in [-0.2, -0.15) is 5.10 Å². The van der Waals surface area contributed by atoms with Crippen molar-refractivity contribution in [1.82, 2.24) is 20.0 Å². The number of aryl methyl sites for hydroxylation is 1. The van der Waals surface area contributed by atoms with Crippen LogP contribution in [-0.2, 0) is 5.41 Å². The molecular weight excluding hydrogens is 324 g/mol. The van der Waals surface area contributed by atoms with E-state index in [1.807, 2.05) is 35.0 Å². The summed E-state index contributed by atoms with van der Waals surface area (Å²) in [4.78, 5) is 15.2. The van der Waals surface area contributed by atoms with Crippen molar-refractivity contribution in [3.63, 3.8) is 0 Å². The van der Waals surface area contributed by atoms with Gasteiger partial charge in [0.25, 0.3) is 5.91 Å². The second-order valence-corrected chi connectivity index (χ2v) is 8.39. The molecule has 0 bridgehead atoms. The van der Waals surface area contributed by atoms with E-state index in [9.17, 15) is 4.79 Å². The number of benzene rings is 1. The smallest absolute Gasteiger partial charge is 0.257 e. The number of carbonyl (C=O) groups excluding carboxylic acids is 1. The van der Waals surface area contributed by atoms with Gasteiger partial charge in [0, 0.05) is 24.7 Å². The summed E-state index contributed by atoms with van der Waals surface area (Å²) < 4.78 is 1.84. The molecule has 1 aliphatic rings. The van der Waals surface area contributed by atoms with Gasteiger partial charge in [-0.05, 0) is 45.0 Å². The first-order valence-corrected chi connectivity index (χ1v) is 9.40. The lowest BCUT2D eigenvalue weighted by Gasteiger charge is -2.20. The standard InChI is InChI=1S/C21H30N4O/c1-15-6-8-17(9-7-15)25-14-18(19(23-25)21(2,3)4)20(26)24-11-10-16(13-24)12-22-5/h6-9,14,16,22H,10-13H2,1-5H3. The topological polar surface area (TPSA) is 50.2 Å². The summed E-state index contributed by atoms with van der Waals surface area (Å²) in [6, 6.07) is 8.22. The Morgan fingerprint density at radius 3 is 2.58 bits per heavy atom. The maximum atomic E-state index is 13.2. The van der Waals surface area contributed by atoms with Crippen LogP contribution >= 0.6 is 0 Å². The molecule has 0 aliphatic carbocycles. The summed E-state index contributed by atoms with van der Waals surface area (Å²) in [5.74, 6) is 0.640. The van der Waals surface area contributed by atoms with Crippen LogP contribution < -0.4 is 5.32 Å². The average Bonchev–Trinajstić information content (AvgIpc) is 3.22. The Morgan fingerprint density at radius 2 is 1.96 bits per heavy atom. The molecule has 140 valence electrons. The van der Waals surface area contributed by atoms with E-state index >= 15 is 0 Å². The van der Waals surface area contributed by atoms with Gasteiger partial charge in [0.2, 0.25) is 0 Å². The number of nitrogens with zero attached hydrogens (tertiary/aromatic N) is 3. The monoisotopic (exact) mass is 354 g/mol. The molecule has 0 spiro atoms. The van der Waals surface area contributed by atoms with Gasteiger partial charge >= 0.3 is 0 Å². The maximum Gasteiger partial charge on any atom is 0.257 e. The molecule has 5 heteroatoms. The van der Waals surface area contributed by atoms with E-state index in [2.05, 4.69) is 45.1 Å². The van der Waals surface area contributed by atoms with E-state index in [-0.39, 0.29) is 11.3 Å². The fourth-order valence-electron chi connectivity index (χ4n) is 3.56. The third kappa shape index (κ3) is 3.83. The highest BCUT2D eigenvalue weighted by molar-refractivity contribution is 5.95. The number of hydrogen-bond acceptors (Lipinski definition) is 3. The lowest BCUT2D eigenvalue weighted by Crippen LogP contribution is -2.31. The zero-order valence-corrected chi connectivity index (χ0v) is 16.5. The first kappa shape index (κ1) is 18.6. The number of nitrogens with one attached hydrogen (secondary N) is 1. The summed E-state index contributed by atoms with van der Waals surface area (Å²) in [6.07, 6.45) is 2.96. The summed E-state index contributed by atoms with van der Waals surface area (Å²) in [7, 11) is 1.97. The van der Waals surface area contributed by atoms with E-state index in [4.69, 9.17) is 5.10 Å². The van der Waals surface area contributed by atoms with Crippen LogP contribution in [0.15, 0.2) is 30.5 Å². The number of aromatic nitrogens is 2. The number of carbonyl (C=O) groups is 1. The molecule has 1 aliphatic heterocycles. The highest BCUT2D eigenvalue weighted by Gasteiger charge is 2.32. The Labute approximate surface area is 156 Å². The van der Waals surface area contributed by atoms with Crippen molar-refractivity contribution in [2.75, 3.05) is 26.7 Å². The van der Waals surface area contributed by atoms with Crippen molar-refractivity contribution in [3.8, 4) is 5.69 Å². The fraction of sp³-hybridized carbons (Fsp3) is 0.524. The van der Waals surface area contributed by atoms with Crippen LogP contribution in [0, 0.1) is 12.8 Å². The Kier molecular flexibility index (Phi) is 5.19. The largest absolute Gasteiger partial charge is 0.338 e. The summed E-state index contributed by atoms with van der Waals surface area (Å²) in [6.45, 7) is 11.0. The quantitative estimate of drug-likeness (QED) is 0.917. The van der Waals surface area contributed by atoms with Crippen LogP contribution in [0.5, 0.6) is 0 Å². The van der Waals surface area contributed by atoms with Crippen LogP contribution in [0.25, 0.3) is 5.69 Å². The van der Waals surface area contributed by atoms with Gasteiger partial charge in [0.15, 0.2) is 0 Å². The molecule has 26 heavy (non-hydrogen) atoms. The first-order valence-electron chi connectivity index (χ1n) is 9.40. The zero-order chi connectivity index (χ0) is 18.9. The van der Waals surface area contributed by atoms with Crippen molar-refractivity contribution < 1.29 is 4.79 Å². The summed E-state index contributed by atoms with van der Waals surface area (Å²) in [5, 5.41) is 8.01. The second-order valence-electron chi connectivity index (χ2n) is 8.39. The van der Waals surface area contributed by atoms with Crippen LogP contribution in [0.4, 0.5) is 0 Å². The second kappa shape index (κ2) is 7.23. The molecule has 1 aromatic heterocycles. The summed E-state index contributed by atoms with van der Waals surface area (Å²) in [5.41, 5.74) is 3.59. The van der Waals surface area contributed by atoms with Gasteiger partial charge in [-0.25, -0.2) is 4.68 Å². The van der Waals surface area contributed by atoms with E-state index in [0.717, 1.165) is 43.0 Å². The minimum absolute atomic E-state index is 0.104. The minimum atomic E-state index is -0.189. The van der Waals surface area contributed by atoms with Crippen molar-refractivity contribution in [2.45, 2.75) is 39.5 Å². The molecule has 1 saturated heterocycles. The number of likely N-dealkylation sites (tertiary alicyclic amines) is 1. The van der Waals surface area contributed by atoms with E-state index < -0.39 is 0 Å². The normalized spacial score (nSPS) is 17.7. The SMILES string of the molecule is CNCC1CCN(C(=O)c2cn(-c3ccc(C)cc3)nc2C(C)(C)C)C1. The number of hydrogen-bond donors (Lipinski definition) is 1. The van der Waals surface area contributed by atoms with Gasteiger partial charge in [-0.1, -0.05) is 38.5 Å². The van der Waals surface area contributed by atoms with E-state index in [1.54, 1.807) is 0 Å². The molecule has 0 saturated carbocycles. The highest BCUT2D eigenvalue weighted by atomic mass is 16.2. The lowest BCUT2D eigenvalue weighted by atomic mass is 9.89. The number of rotatable bonds is 4. The fourth-order valence-corrected chi connectivity index (χ4v) is 3.56. The molecule has 1 N–H and O–H groups in total. The Hall–Kier alpha value is -2.14. The molecule has 1 atom stereocenters. The first-order chi connectivity index (χ1) is 12.3. The van der Waals surface area contributed by atoms with Crippen LogP contribution in [0.2, 0.25) is 0 Å². The molecule has 2 heterocycles. The Bertz CT molecular complexity index is 770. The van der Waals surface area contributed by atoms with Gasteiger partial charge in [0.1, 0.15) is 0 Å². The third-order valence-electron chi connectivity index (χ3n) is 5.02. The van der Waals surface area contributed by atoms with Crippen LogP contribution in [-0.4, -0.2) is 47.3 Å². The molecule has 0 radical (unpaired) electrons. The van der Waals surface area contributed by atoms with Crippen molar-refractivity contribution in [2.24, 2.45) is 5.92 Å². The minimum Gasteiger partial charge on any atom is -0.338 e.